The quantitative estimate of drug-likeness (QED) is 0.567. The van der Waals surface area contributed by atoms with Crippen LogP contribution in [0.3, 0.4) is 0 Å². The van der Waals surface area contributed by atoms with E-state index in [0.717, 1.165) is 0 Å². The van der Waals surface area contributed by atoms with Gasteiger partial charge < -0.3 is 5.11 Å². The molecular formula is C10H11NO3S. The third kappa shape index (κ3) is 1.67. The van der Waals surface area contributed by atoms with Crippen LogP contribution in [-0.4, -0.2) is 32.5 Å². The highest BCUT2D eigenvalue weighted by molar-refractivity contribution is 8.01. The van der Waals surface area contributed by atoms with Gasteiger partial charge in [0, 0.05) is 5.25 Å². The van der Waals surface area contributed by atoms with E-state index in [4.69, 9.17) is 5.11 Å². The topological polar surface area (TPSA) is 57.6 Å². The number of fused-ring (bicyclic) bond motifs is 1. The Bertz CT molecular complexity index is 375. The molecule has 15 heavy (non-hydrogen) atoms. The van der Waals surface area contributed by atoms with Crippen molar-refractivity contribution in [1.29, 1.82) is 0 Å². The third-order valence-electron chi connectivity index (χ3n) is 2.40. The molecule has 2 aliphatic rings. The van der Waals surface area contributed by atoms with Gasteiger partial charge in [0.15, 0.2) is 0 Å². The first-order valence-electron chi connectivity index (χ1n) is 4.69. The number of thioether (sulfide) groups is 1. The molecule has 0 aliphatic carbocycles. The van der Waals surface area contributed by atoms with Crippen molar-refractivity contribution in [3.63, 3.8) is 0 Å². The van der Waals surface area contributed by atoms with Gasteiger partial charge in [0.1, 0.15) is 5.70 Å². The molecule has 0 aromatic heterocycles. The van der Waals surface area contributed by atoms with Gasteiger partial charge in [-0.2, -0.15) is 0 Å². The molecule has 1 saturated heterocycles. The second-order valence-corrected chi connectivity index (χ2v) is 4.77. The number of β-lactam (4-membered cyclic amide) rings is 1. The molecule has 1 fully saturated rings. The molecule has 0 spiro atoms. The first-order valence-corrected chi connectivity index (χ1v) is 5.63. The fourth-order valence-electron chi connectivity index (χ4n) is 1.71. The van der Waals surface area contributed by atoms with Crippen molar-refractivity contribution >= 4 is 23.6 Å². The molecule has 2 aliphatic heterocycles. The highest BCUT2D eigenvalue weighted by atomic mass is 32.2. The van der Waals surface area contributed by atoms with Gasteiger partial charge in [-0.15, -0.1) is 11.8 Å². The van der Waals surface area contributed by atoms with Gasteiger partial charge in [0.05, 0.1) is 11.8 Å². The van der Waals surface area contributed by atoms with Crippen molar-refractivity contribution < 1.29 is 14.7 Å². The Balaban J connectivity index is 2.28. The summed E-state index contributed by atoms with van der Waals surface area (Å²) in [6.45, 7) is 1.90. The summed E-state index contributed by atoms with van der Waals surface area (Å²) in [7, 11) is 0. The van der Waals surface area contributed by atoms with Crippen molar-refractivity contribution in [2.24, 2.45) is 0 Å². The smallest absolute Gasteiger partial charge is 0.352 e. The number of amides is 1. The number of hydrogen-bond donors (Lipinski definition) is 1. The SMILES string of the molecule is C/C=C\C1C=C(C(=O)O)N2C(=O)C[C@H]2S1. The zero-order valence-electron chi connectivity index (χ0n) is 8.21. The number of nitrogens with zero attached hydrogens (tertiary/aromatic N) is 1. The fraction of sp³-hybridized carbons (Fsp3) is 0.400. The fourth-order valence-corrected chi connectivity index (χ4v) is 3.12. The van der Waals surface area contributed by atoms with Crippen molar-refractivity contribution in [2.45, 2.75) is 24.0 Å². The van der Waals surface area contributed by atoms with Crippen LogP contribution in [0.25, 0.3) is 0 Å². The summed E-state index contributed by atoms with van der Waals surface area (Å²) in [6, 6.07) is 0. The average molecular weight is 225 g/mol. The second kappa shape index (κ2) is 3.73. The molecular weight excluding hydrogens is 214 g/mol. The molecule has 1 N–H and O–H groups in total. The van der Waals surface area contributed by atoms with E-state index in [0.29, 0.717) is 6.42 Å². The summed E-state index contributed by atoms with van der Waals surface area (Å²) in [5, 5.41) is 9.04. The number of rotatable bonds is 2. The minimum Gasteiger partial charge on any atom is -0.477 e. The molecule has 0 aromatic rings. The van der Waals surface area contributed by atoms with Crippen LogP contribution in [0.2, 0.25) is 0 Å². The highest BCUT2D eigenvalue weighted by Gasteiger charge is 2.44. The Morgan fingerprint density at radius 1 is 1.73 bits per heavy atom. The molecule has 1 amide bonds. The summed E-state index contributed by atoms with van der Waals surface area (Å²) in [5.74, 6) is -1.12. The number of carboxylic acid groups (broad SMARTS) is 1. The molecule has 1 unspecified atom stereocenters. The predicted molar refractivity (Wildman–Crippen MR) is 57.2 cm³/mol. The molecule has 0 bridgehead atoms. The monoisotopic (exact) mass is 225 g/mol. The molecule has 4 nitrogen and oxygen atoms in total. The van der Waals surface area contributed by atoms with Crippen molar-refractivity contribution in [1.82, 2.24) is 4.90 Å². The largest absolute Gasteiger partial charge is 0.477 e. The van der Waals surface area contributed by atoms with E-state index >= 15 is 0 Å². The lowest BCUT2D eigenvalue weighted by Gasteiger charge is -2.43. The first kappa shape index (κ1) is 10.3. The Morgan fingerprint density at radius 2 is 2.47 bits per heavy atom. The zero-order valence-corrected chi connectivity index (χ0v) is 9.03. The predicted octanol–water partition coefficient (Wildman–Crippen LogP) is 1.20. The minimum atomic E-state index is -1.03. The number of carboxylic acids is 1. The lowest BCUT2D eigenvalue weighted by molar-refractivity contribution is -0.146. The maximum absolute atomic E-state index is 11.2. The molecule has 2 heterocycles. The second-order valence-electron chi connectivity index (χ2n) is 3.41. The molecule has 2 atom stereocenters. The van der Waals surface area contributed by atoms with E-state index in [-0.39, 0.29) is 22.2 Å². The molecule has 2 rings (SSSR count). The van der Waals surface area contributed by atoms with Gasteiger partial charge in [-0.05, 0) is 13.0 Å². The van der Waals surface area contributed by atoms with Gasteiger partial charge in [-0.25, -0.2) is 4.79 Å². The molecule has 80 valence electrons. The Kier molecular flexibility index (Phi) is 2.56. The van der Waals surface area contributed by atoms with Gasteiger partial charge in [-0.1, -0.05) is 12.2 Å². The maximum Gasteiger partial charge on any atom is 0.352 e. The lowest BCUT2D eigenvalue weighted by Crippen LogP contribution is -2.53. The van der Waals surface area contributed by atoms with E-state index in [9.17, 15) is 9.59 Å². The van der Waals surface area contributed by atoms with Gasteiger partial charge in [-0.3, -0.25) is 9.69 Å². The molecule has 0 saturated carbocycles. The van der Waals surface area contributed by atoms with Crippen LogP contribution < -0.4 is 0 Å². The van der Waals surface area contributed by atoms with Gasteiger partial charge in [0.25, 0.3) is 0 Å². The minimum absolute atomic E-state index is 0.00907. The Hall–Kier alpha value is -1.23. The molecule has 0 aromatic carbocycles. The van der Waals surface area contributed by atoms with Crippen LogP contribution in [-0.2, 0) is 9.59 Å². The number of carbonyl (C=O) groups is 2. The average Bonchev–Trinajstić information content (AvgIpc) is 2.15. The van der Waals surface area contributed by atoms with Crippen LogP contribution in [0.1, 0.15) is 13.3 Å². The number of allylic oxidation sites excluding steroid dienone is 1. The standard InChI is InChI=1S/C10H11NO3S/c1-2-3-6-4-7(10(13)14)11-8(12)5-9(11)15-6/h2-4,6,9H,5H2,1H3,(H,13,14)/b3-2-/t6?,9-/m1/s1. The van der Waals surface area contributed by atoms with E-state index in [1.807, 2.05) is 19.1 Å². The Labute approximate surface area is 91.6 Å². The van der Waals surface area contributed by atoms with E-state index in [2.05, 4.69) is 0 Å². The molecule has 0 radical (unpaired) electrons. The summed E-state index contributed by atoms with van der Waals surface area (Å²) >= 11 is 1.61. The van der Waals surface area contributed by atoms with E-state index in [1.54, 1.807) is 17.8 Å². The van der Waals surface area contributed by atoms with E-state index < -0.39 is 5.97 Å². The van der Waals surface area contributed by atoms with Gasteiger partial charge in [0.2, 0.25) is 5.91 Å². The normalized spacial score (nSPS) is 29.8. The Morgan fingerprint density at radius 3 is 3.00 bits per heavy atom. The lowest BCUT2D eigenvalue weighted by atomic mass is 10.1. The van der Waals surface area contributed by atoms with Crippen LogP contribution in [0, 0.1) is 0 Å². The molecule has 5 heteroatoms. The van der Waals surface area contributed by atoms with Crippen LogP contribution in [0.5, 0.6) is 0 Å². The van der Waals surface area contributed by atoms with Crippen LogP contribution >= 0.6 is 11.8 Å². The van der Waals surface area contributed by atoms with Crippen molar-refractivity contribution in [3.8, 4) is 0 Å². The summed E-state index contributed by atoms with van der Waals surface area (Å²) in [5.41, 5.74) is 0.123. The van der Waals surface area contributed by atoms with Crippen molar-refractivity contribution in [3.05, 3.63) is 23.9 Å². The summed E-state index contributed by atoms with van der Waals surface area (Å²) in [4.78, 5) is 23.5. The third-order valence-corrected chi connectivity index (χ3v) is 3.70. The summed E-state index contributed by atoms with van der Waals surface area (Å²) < 4.78 is 0. The van der Waals surface area contributed by atoms with E-state index in [1.165, 1.54) is 4.90 Å². The highest BCUT2D eigenvalue weighted by Crippen LogP contribution is 2.40. The number of hydrogen-bond acceptors (Lipinski definition) is 3. The number of aliphatic carboxylic acids is 1. The van der Waals surface area contributed by atoms with Gasteiger partial charge >= 0.3 is 5.97 Å². The maximum atomic E-state index is 11.2. The van der Waals surface area contributed by atoms with Crippen molar-refractivity contribution in [2.75, 3.05) is 0 Å². The van der Waals surface area contributed by atoms with Crippen LogP contribution in [0.15, 0.2) is 23.9 Å². The summed E-state index contributed by atoms with van der Waals surface area (Å²) in [6.07, 6.45) is 5.90. The number of carbonyl (C=O) groups excluding carboxylic acids is 1. The first-order chi connectivity index (χ1) is 7.13. The zero-order chi connectivity index (χ0) is 11.0. The van der Waals surface area contributed by atoms with Crippen LogP contribution in [0.4, 0.5) is 0 Å².